The number of rotatable bonds is 7. The Balaban J connectivity index is 2.14. The first-order valence-corrected chi connectivity index (χ1v) is 8.27. The van der Waals surface area contributed by atoms with E-state index in [9.17, 15) is 0 Å². The molecule has 23 heavy (non-hydrogen) atoms. The van der Waals surface area contributed by atoms with Crippen molar-refractivity contribution in [2.75, 3.05) is 6.54 Å². The molecule has 1 heteroatoms. The Morgan fingerprint density at radius 2 is 1.74 bits per heavy atom. The van der Waals surface area contributed by atoms with Gasteiger partial charge in [-0.1, -0.05) is 73.4 Å². The van der Waals surface area contributed by atoms with Gasteiger partial charge >= 0.3 is 0 Å². The molecule has 0 aliphatic heterocycles. The molecule has 0 N–H and O–H groups in total. The van der Waals surface area contributed by atoms with E-state index in [0.29, 0.717) is 0 Å². The van der Waals surface area contributed by atoms with Crippen LogP contribution in [-0.2, 0) is 13.1 Å². The summed E-state index contributed by atoms with van der Waals surface area (Å²) in [5.74, 6) is 6.58. The zero-order chi connectivity index (χ0) is 16.3. The molecule has 0 bridgehead atoms. The molecule has 118 valence electrons. The molecule has 0 radical (unpaired) electrons. The Morgan fingerprint density at radius 3 is 2.48 bits per heavy atom. The first-order valence-electron chi connectivity index (χ1n) is 8.27. The van der Waals surface area contributed by atoms with Crippen molar-refractivity contribution < 1.29 is 0 Å². The van der Waals surface area contributed by atoms with Crippen molar-refractivity contribution in [3.05, 3.63) is 83.9 Å². The third-order valence-electron chi connectivity index (χ3n) is 3.65. The van der Waals surface area contributed by atoms with Gasteiger partial charge in [0, 0.05) is 31.6 Å². The quantitative estimate of drug-likeness (QED) is 0.512. The van der Waals surface area contributed by atoms with E-state index in [0.717, 1.165) is 38.0 Å². The molecular formula is C22H25N. The van der Waals surface area contributed by atoms with Crippen LogP contribution in [0.1, 0.15) is 36.5 Å². The predicted molar refractivity (Wildman–Crippen MR) is 99.0 cm³/mol. The molecule has 0 heterocycles. The van der Waals surface area contributed by atoms with Gasteiger partial charge in [0.1, 0.15) is 0 Å². The average Bonchev–Trinajstić information content (AvgIpc) is 2.58. The van der Waals surface area contributed by atoms with Crippen LogP contribution in [0.15, 0.2) is 67.3 Å². The van der Waals surface area contributed by atoms with Crippen LogP contribution in [0.3, 0.4) is 0 Å². The summed E-state index contributed by atoms with van der Waals surface area (Å²) >= 11 is 0. The van der Waals surface area contributed by atoms with Crippen LogP contribution in [0.4, 0.5) is 0 Å². The first kappa shape index (κ1) is 17.1. The third kappa shape index (κ3) is 5.77. The minimum Gasteiger partial charge on any atom is -0.291 e. The van der Waals surface area contributed by atoms with E-state index in [1.807, 2.05) is 6.08 Å². The van der Waals surface area contributed by atoms with Gasteiger partial charge in [-0.05, 0) is 23.6 Å². The molecule has 2 rings (SSSR count). The van der Waals surface area contributed by atoms with Crippen LogP contribution in [0.25, 0.3) is 0 Å². The summed E-state index contributed by atoms with van der Waals surface area (Å²) in [6.45, 7) is 8.73. The standard InChI is InChI=1S/C22H25N/c1-3-5-7-14-21-15-10-11-16-22(21)19-23(17-4-2)18-20-12-8-6-9-13-20/h4,6,8-13,15-16H,2-3,5,17-19H2,1H3. The lowest BCUT2D eigenvalue weighted by Gasteiger charge is -2.21. The Labute approximate surface area is 140 Å². The minimum atomic E-state index is 0.867. The molecule has 0 spiro atoms. The molecule has 0 amide bonds. The van der Waals surface area contributed by atoms with E-state index in [2.05, 4.69) is 84.8 Å². The van der Waals surface area contributed by atoms with E-state index >= 15 is 0 Å². The van der Waals surface area contributed by atoms with E-state index in [1.54, 1.807) is 0 Å². The Kier molecular flexibility index (Phi) is 7.17. The maximum atomic E-state index is 3.90. The molecule has 2 aromatic rings. The van der Waals surface area contributed by atoms with Gasteiger partial charge < -0.3 is 0 Å². The highest BCUT2D eigenvalue weighted by atomic mass is 15.1. The zero-order valence-corrected chi connectivity index (χ0v) is 14.0. The van der Waals surface area contributed by atoms with Gasteiger partial charge in [0.05, 0.1) is 0 Å². The van der Waals surface area contributed by atoms with Crippen molar-refractivity contribution in [1.29, 1.82) is 0 Å². The lowest BCUT2D eigenvalue weighted by molar-refractivity contribution is 0.286. The predicted octanol–water partition coefficient (Wildman–Crippen LogP) is 5.03. The van der Waals surface area contributed by atoms with Crippen molar-refractivity contribution in [1.82, 2.24) is 4.90 Å². The van der Waals surface area contributed by atoms with Crippen LogP contribution in [0, 0.1) is 11.8 Å². The smallest absolute Gasteiger partial charge is 0.0290 e. The molecule has 0 unspecified atom stereocenters. The maximum Gasteiger partial charge on any atom is 0.0290 e. The summed E-state index contributed by atoms with van der Waals surface area (Å²) in [6, 6.07) is 19.0. The number of unbranched alkanes of at least 4 members (excludes halogenated alkanes) is 1. The van der Waals surface area contributed by atoms with Crippen LogP contribution >= 0.6 is 0 Å². The molecule has 0 fully saturated rings. The van der Waals surface area contributed by atoms with E-state index in [1.165, 1.54) is 11.1 Å². The zero-order valence-electron chi connectivity index (χ0n) is 14.0. The molecule has 0 saturated carbocycles. The number of hydrogen-bond donors (Lipinski definition) is 0. The van der Waals surface area contributed by atoms with Gasteiger partial charge in [0.15, 0.2) is 0 Å². The number of nitrogens with zero attached hydrogens (tertiary/aromatic N) is 1. The SMILES string of the molecule is C=CCN(Cc1ccccc1)Cc1ccccc1C#CCCC. The fourth-order valence-corrected chi connectivity index (χ4v) is 2.51. The number of benzene rings is 2. The lowest BCUT2D eigenvalue weighted by Crippen LogP contribution is -2.23. The fraction of sp³-hybridized carbons (Fsp3) is 0.273. The monoisotopic (exact) mass is 303 g/mol. The second kappa shape index (κ2) is 9.66. The second-order valence-corrected chi connectivity index (χ2v) is 5.65. The van der Waals surface area contributed by atoms with Crippen molar-refractivity contribution in [3.8, 4) is 11.8 Å². The second-order valence-electron chi connectivity index (χ2n) is 5.65. The Bertz CT molecular complexity index is 661. The summed E-state index contributed by atoms with van der Waals surface area (Å²) in [4.78, 5) is 2.39. The summed E-state index contributed by atoms with van der Waals surface area (Å²) in [6.07, 6.45) is 4.02. The number of hydrogen-bond acceptors (Lipinski definition) is 1. The molecule has 0 atom stereocenters. The summed E-state index contributed by atoms with van der Waals surface area (Å²) in [5.41, 5.74) is 3.75. The topological polar surface area (TPSA) is 3.24 Å². The first-order chi connectivity index (χ1) is 11.3. The van der Waals surface area contributed by atoms with E-state index in [-0.39, 0.29) is 0 Å². The minimum absolute atomic E-state index is 0.867. The normalized spacial score (nSPS) is 10.2. The molecule has 0 saturated heterocycles. The largest absolute Gasteiger partial charge is 0.291 e. The van der Waals surface area contributed by atoms with Crippen LogP contribution in [-0.4, -0.2) is 11.4 Å². The highest BCUT2D eigenvalue weighted by Crippen LogP contribution is 2.13. The van der Waals surface area contributed by atoms with Gasteiger partial charge in [-0.15, -0.1) is 6.58 Å². The van der Waals surface area contributed by atoms with Crippen molar-refractivity contribution in [3.63, 3.8) is 0 Å². The van der Waals surface area contributed by atoms with Gasteiger partial charge in [0.2, 0.25) is 0 Å². The van der Waals surface area contributed by atoms with Crippen molar-refractivity contribution >= 4 is 0 Å². The van der Waals surface area contributed by atoms with Crippen LogP contribution in [0.5, 0.6) is 0 Å². The van der Waals surface area contributed by atoms with Crippen molar-refractivity contribution in [2.24, 2.45) is 0 Å². The fourth-order valence-electron chi connectivity index (χ4n) is 2.51. The maximum absolute atomic E-state index is 3.90. The van der Waals surface area contributed by atoms with Gasteiger partial charge in [-0.25, -0.2) is 0 Å². The van der Waals surface area contributed by atoms with Gasteiger partial charge in [-0.2, -0.15) is 0 Å². The molecule has 1 nitrogen and oxygen atoms in total. The van der Waals surface area contributed by atoms with Crippen LogP contribution in [0.2, 0.25) is 0 Å². The van der Waals surface area contributed by atoms with Crippen LogP contribution < -0.4 is 0 Å². The Morgan fingerprint density at radius 1 is 1.00 bits per heavy atom. The van der Waals surface area contributed by atoms with Gasteiger partial charge in [-0.3, -0.25) is 4.90 Å². The summed E-state index contributed by atoms with van der Waals surface area (Å²) < 4.78 is 0. The third-order valence-corrected chi connectivity index (χ3v) is 3.65. The lowest BCUT2D eigenvalue weighted by atomic mass is 10.1. The van der Waals surface area contributed by atoms with E-state index in [4.69, 9.17) is 0 Å². The van der Waals surface area contributed by atoms with Crippen molar-refractivity contribution in [2.45, 2.75) is 32.9 Å². The van der Waals surface area contributed by atoms with E-state index < -0.39 is 0 Å². The molecular weight excluding hydrogens is 278 g/mol. The molecule has 0 aliphatic carbocycles. The highest BCUT2D eigenvalue weighted by molar-refractivity contribution is 5.41. The summed E-state index contributed by atoms with van der Waals surface area (Å²) in [5, 5.41) is 0. The molecule has 0 aliphatic rings. The molecule has 0 aromatic heterocycles. The van der Waals surface area contributed by atoms with Gasteiger partial charge in [0.25, 0.3) is 0 Å². The molecule has 2 aromatic carbocycles. The highest BCUT2D eigenvalue weighted by Gasteiger charge is 2.08. The average molecular weight is 303 g/mol. The Hall–Kier alpha value is -2.30. The summed E-state index contributed by atoms with van der Waals surface area (Å²) in [7, 11) is 0.